The minimum Gasteiger partial charge on any atom is -0.478 e. The van der Waals surface area contributed by atoms with Gasteiger partial charge in [0.15, 0.2) is 0 Å². The number of carbonyl (C=O) groups excluding carboxylic acids is 1. The molecule has 0 saturated carbocycles. The maximum Gasteiger partial charge on any atom is 0.426 e. The lowest BCUT2D eigenvalue weighted by atomic mass is 10.2. The molecular weight excluding hydrogens is 316 g/mol. The number of ether oxygens (including phenoxy) is 1. The normalized spacial score (nSPS) is 10.7. The first-order valence-corrected chi connectivity index (χ1v) is 6.26. The van der Waals surface area contributed by atoms with E-state index in [1.807, 2.05) is 0 Å². The van der Waals surface area contributed by atoms with Crippen LogP contribution < -0.4 is 10.9 Å². The van der Waals surface area contributed by atoms with Crippen molar-refractivity contribution in [1.29, 1.82) is 0 Å². The predicted octanol–water partition coefficient (Wildman–Crippen LogP) is 3.00. The number of rotatable bonds is 3. The standard InChI is InChI=1S/C12H15BrN2O4/c1-12(2,3)19-11(18)15-14-9-5-4-7(10(16)17)6-8(9)13/h4-6,14H,1-3H3,(H,15,18)(H,16,17). The Labute approximate surface area is 119 Å². The van der Waals surface area contributed by atoms with Gasteiger partial charge in [0, 0.05) is 4.47 Å². The summed E-state index contributed by atoms with van der Waals surface area (Å²) in [5, 5.41) is 8.81. The van der Waals surface area contributed by atoms with Crippen LogP contribution in [0.3, 0.4) is 0 Å². The number of benzene rings is 1. The van der Waals surface area contributed by atoms with Gasteiger partial charge in [0.1, 0.15) is 5.60 Å². The number of anilines is 1. The van der Waals surface area contributed by atoms with E-state index in [4.69, 9.17) is 9.84 Å². The number of amides is 1. The van der Waals surface area contributed by atoms with Crippen LogP contribution in [-0.2, 0) is 4.74 Å². The molecule has 1 aromatic carbocycles. The van der Waals surface area contributed by atoms with Crippen LogP contribution in [0.25, 0.3) is 0 Å². The third-order valence-corrected chi connectivity index (χ3v) is 2.57. The molecule has 1 amide bonds. The average molecular weight is 331 g/mol. The molecule has 0 bridgehead atoms. The minimum atomic E-state index is -1.02. The largest absolute Gasteiger partial charge is 0.478 e. The van der Waals surface area contributed by atoms with E-state index in [0.29, 0.717) is 10.2 Å². The van der Waals surface area contributed by atoms with Crippen molar-refractivity contribution in [3.63, 3.8) is 0 Å². The van der Waals surface area contributed by atoms with Gasteiger partial charge in [-0.2, -0.15) is 0 Å². The quantitative estimate of drug-likeness (QED) is 0.741. The predicted molar refractivity (Wildman–Crippen MR) is 74.1 cm³/mol. The summed E-state index contributed by atoms with van der Waals surface area (Å²) in [7, 11) is 0. The summed E-state index contributed by atoms with van der Waals surface area (Å²) < 4.78 is 5.56. The molecule has 0 radical (unpaired) electrons. The molecule has 0 aliphatic carbocycles. The number of hydrazine groups is 1. The molecule has 1 rings (SSSR count). The van der Waals surface area contributed by atoms with E-state index in [1.54, 1.807) is 20.8 Å². The lowest BCUT2D eigenvalue weighted by Crippen LogP contribution is -2.35. The Morgan fingerprint density at radius 1 is 1.32 bits per heavy atom. The molecule has 19 heavy (non-hydrogen) atoms. The number of carboxylic acids is 1. The second kappa shape index (κ2) is 5.92. The van der Waals surface area contributed by atoms with Crippen LogP contribution in [0.5, 0.6) is 0 Å². The number of hydrogen-bond donors (Lipinski definition) is 3. The number of hydrogen-bond acceptors (Lipinski definition) is 4. The summed E-state index contributed by atoms with van der Waals surface area (Å²) in [6, 6.07) is 4.39. The molecule has 0 saturated heterocycles. The molecule has 0 aliphatic heterocycles. The number of nitrogens with one attached hydrogen (secondary N) is 2. The Bertz CT molecular complexity index is 497. The Morgan fingerprint density at radius 2 is 1.95 bits per heavy atom. The van der Waals surface area contributed by atoms with Crippen molar-refractivity contribution in [1.82, 2.24) is 5.43 Å². The first kappa shape index (κ1) is 15.3. The van der Waals surface area contributed by atoms with Crippen LogP contribution in [0.15, 0.2) is 22.7 Å². The maximum atomic E-state index is 11.4. The summed E-state index contributed by atoms with van der Waals surface area (Å²) >= 11 is 3.21. The van der Waals surface area contributed by atoms with Crippen LogP contribution in [0.2, 0.25) is 0 Å². The molecule has 6 nitrogen and oxygen atoms in total. The van der Waals surface area contributed by atoms with Gasteiger partial charge in [-0.25, -0.2) is 15.0 Å². The average Bonchev–Trinajstić information content (AvgIpc) is 2.24. The van der Waals surface area contributed by atoms with Crippen molar-refractivity contribution in [3.05, 3.63) is 28.2 Å². The van der Waals surface area contributed by atoms with E-state index in [1.165, 1.54) is 18.2 Å². The summed E-state index contributed by atoms with van der Waals surface area (Å²) in [5.74, 6) is -1.02. The third kappa shape index (κ3) is 5.17. The molecule has 1 aromatic rings. The zero-order valence-electron chi connectivity index (χ0n) is 10.8. The minimum absolute atomic E-state index is 0.148. The van der Waals surface area contributed by atoms with Gasteiger partial charge in [0.2, 0.25) is 0 Å². The lowest BCUT2D eigenvalue weighted by molar-refractivity contribution is 0.0540. The summed E-state index contributed by atoms with van der Waals surface area (Å²) in [4.78, 5) is 22.2. The Hall–Kier alpha value is -1.76. The van der Waals surface area contributed by atoms with Crippen molar-refractivity contribution < 1.29 is 19.4 Å². The molecule has 0 unspecified atom stereocenters. The lowest BCUT2D eigenvalue weighted by Gasteiger charge is -2.20. The number of carbonyl (C=O) groups is 2. The van der Waals surface area contributed by atoms with E-state index >= 15 is 0 Å². The van der Waals surface area contributed by atoms with Crippen LogP contribution in [-0.4, -0.2) is 22.8 Å². The number of halogens is 1. The highest BCUT2D eigenvalue weighted by atomic mass is 79.9. The maximum absolute atomic E-state index is 11.4. The molecule has 0 spiro atoms. The van der Waals surface area contributed by atoms with Gasteiger partial charge in [-0.05, 0) is 54.9 Å². The van der Waals surface area contributed by atoms with Crippen molar-refractivity contribution >= 4 is 33.7 Å². The fourth-order valence-electron chi connectivity index (χ4n) is 1.17. The second-order valence-corrected chi connectivity index (χ2v) is 5.61. The molecular formula is C12H15BrN2O4. The van der Waals surface area contributed by atoms with Gasteiger partial charge < -0.3 is 9.84 Å². The first-order chi connectivity index (χ1) is 8.69. The fourth-order valence-corrected chi connectivity index (χ4v) is 1.65. The van der Waals surface area contributed by atoms with Gasteiger partial charge in [0.05, 0.1) is 11.3 Å². The van der Waals surface area contributed by atoms with Crippen LogP contribution >= 0.6 is 15.9 Å². The van der Waals surface area contributed by atoms with Gasteiger partial charge in [-0.15, -0.1) is 0 Å². The van der Waals surface area contributed by atoms with Crippen molar-refractivity contribution in [2.75, 3.05) is 5.43 Å². The SMILES string of the molecule is CC(C)(C)OC(=O)NNc1ccc(C(=O)O)cc1Br. The molecule has 0 atom stereocenters. The number of aromatic carboxylic acids is 1. The highest BCUT2D eigenvalue weighted by Crippen LogP contribution is 2.23. The van der Waals surface area contributed by atoms with Gasteiger partial charge in [0.25, 0.3) is 0 Å². The smallest absolute Gasteiger partial charge is 0.426 e. The Kier molecular flexibility index (Phi) is 4.77. The topological polar surface area (TPSA) is 87.7 Å². The molecule has 0 aromatic heterocycles. The second-order valence-electron chi connectivity index (χ2n) is 4.75. The molecule has 7 heteroatoms. The monoisotopic (exact) mass is 330 g/mol. The van der Waals surface area contributed by atoms with Crippen molar-refractivity contribution in [3.8, 4) is 0 Å². The van der Waals surface area contributed by atoms with Crippen LogP contribution in [0.4, 0.5) is 10.5 Å². The highest BCUT2D eigenvalue weighted by molar-refractivity contribution is 9.10. The van der Waals surface area contributed by atoms with E-state index in [0.717, 1.165) is 0 Å². The molecule has 3 N–H and O–H groups in total. The molecule has 0 heterocycles. The van der Waals surface area contributed by atoms with E-state index in [9.17, 15) is 9.59 Å². The third-order valence-electron chi connectivity index (χ3n) is 1.91. The van der Waals surface area contributed by atoms with E-state index in [-0.39, 0.29) is 5.56 Å². The Balaban J connectivity index is 2.64. The summed E-state index contributed by atoms with van der Waals surface area (Å²) in [6.45, 7) is 5.26. The summed E-state index contributed by atoms with van der Waals surface area (Å²) in [5.41, 5.74) is 5.08. The zero-order valence-corrected chi connectivity index (χ0v) is 12.4. The first-order valence-electron chi connectivity index (χ1n) is 5.47. The van der Waals surface area contributed by atoms with Crippen LogP contribution in [0, 0.1) is 0 Å². The summed E-state index contributed by atoms with van der Waals surface area (Å²) in [6.07, 6.45) is -0.623. The number of carboxylic acid groups (broad SMARTS) is 1. The zero-order chi connectivity index (χ0) is 14.6. The molecule has 0 fully saturated rings. The molecule has 0 aliphatic rings. The fraction of sp³-hybridized carbons (Fsp3) is 0.333. The van der Waals surface area contributed by atoms with E-state index in [2.05, 4.69) is 26.8 Å². The van der Waals surface area contributed by atoms with Gasteiger partial charge in [-0.3, -0.25) is 5.43 Å². The van der Waals surface area contributed by atoms with Crippen molar-refractivity contribution in [2.24, 2.45) is 0 Å². The van der Waals surface area contributed by atoms with E-state index < -0.39 is 17.7 Å². The van der Waals surface area contributed by atoms with Crippen LogP contribution in [0.1, 0.15) is 31.1 Å². The molecule has 104 valence electrons. The van der Waals surface area contributed by atoms with Crippen molar-refractivity contribution in [2.45, 2.75) is 26.4 Å². The highest BCUT2D eigenvalue weighted by Gasteiger charge is 2.16. The Morgan fingerprint density at radius 3 is 2.42 bits per heavy atom. The van der Waals surface area contributed by atoms with Gasteiger partial charge >= 0.3 is 12.1 Å². The van der Waals surface area contributed by atoms with Gasteiger partial charge in [-0.1, -0.05) is 0 Å².